The molecule has 0 saturated heterocycles. The summed E-state index contributed by atoms with van der Waals surface area (Å²) in [5.41, 5.74) is 0.366. The molecule has 0 fully saturated rings. The van der Waals surface area contributed by atoms with Crippen LogP contribution in [0.25, 0.3) is 0 Å². The van der Waals surface area contributed by atoms with E-state index in [0.717, 1.165) is 11.5 Å². The summed E-state index contributed by atoms with van der Waals surface area (Å²) in [7, 11) is 0. The molecular formula is C4H2N2NaOS3-. The fourth-order valence-corrected chi connectivity index (χ4v) is 1.49. The Balaban J connectivity index is 0. The summed E-state index contributed by atoms with van der Waals surface area (Å²) in [5, 5.41) is 8.70. The fourth-order valence-electron chi connectivity index (χ4n) is 0.355. The standard InChI is InChI=1S/C4H2N2S3.Na.H2O/c5-1-2-3(7)6-9-4(2)8;;/h8H,(H,6,7);;1H2/q;+1;/p-2. The zero-order valence-corrected chi connectivity index (χ0v) is 10.1. The number of rotatable bonds is 0. The Morgan fingerprint density at radius 1 is 1.45 bits per heavy atom. The van der Waals surface area contributed by atoms with Gasteiger partial charge in [-0.25, -0.2) is 0 Å². The van der Waals surface area contributed by atoms with Crippen molar-refractivity contribution in [3.05, 3.63) is 5.56 Å². The maximum Gasteiger partial charge on any atom is 1.00 e. The van der Waals surface area contributed by atoms with E-state index >= 15 is 0 Å². The number of hydrogen-bond acceptors (Lipinski definition) is 5. The van der Waals surface area contributed by atoms with Crippen molar-refractivity contribution < 1.29 is 35.0 Å². The molecule has 0 aliphatic carbocycles. The first kappa shape index (κ1) is 14.1. The summed E-state index contributed by atoms with van der Waals surface area (Å²) < 4.78 is 4.21. The quantitative estimate of drug-likeness (QED) is 0.340. The summed E-state index contributed by atoms with van der Waals surface area (Å²) in [6.07, 6.45) is 0. The molecule has 0 spiro atoms. The van der Waals surface area contributed by atoms with Crippen molar-refractivity contribution in [2.75, 3.05) is 0 Å². The molecule has 2 N–H and O–H groups in total. The second kappa shape index (κ2) is 6.08. The van der Waals surface area contributed by atoms with E-state index in [0.29, 0.717) is 14.8 Å². The molecule has 1 rings (SSSR count). The Morgan fingerprint density at radius 2 is 2.00 bits per heavy atom. The van der Waals surface area contributed by atoms with Crippen molar-refractivity contribution in [3.63, 3.8) is 0 Å². The average molecular weight is 213 g/mol. The van der Waals surface area contributed by atoms with Crippen molar-refractivity contribution >= 4 is 36.8 Å². The summed E-state index contributed by atoms with van der Waals surface area (Å²) in [4.78, 5) is 0. The molecule has 0 saturated carbocycles. The molecule has 0 unspecified atom stereocenters. The maximum absolute atomic E-state index is 8.37. The van der Waals surface area contributed by atoms with Gasteiger partial charge in [-0.1, -0.05) is 9.24 Å². The van der Waals surface area contributed by atoms with Gasteiger partial charge in [0.2, 0.25) is 0 Å². The molecule has 0 aromatic carbocycles. The van der Waals surface area contributed by atoms with E-state index in [2.05, 4.69) is 17.0 Å². The minimum atomic E-state index is 0. The van der Waals surface area contributed by atoms with Gasteiger partial charge in [-0.2, -0.15) is 5.26 Å². The van der Waals surface area contributed by atoms with Gasteiger partial charge in [0, 0.05) is 5.56 Å². The van der Waals surface area contributed by atoms with Gasteiger partial charge >= 0.3 is 29.6 Å². The summed E-state index contributed by atoms with van der Waals surface area (Å²) in [6, 6.07) is 1.88. The van der Waals surface area contributed by atoms with Gasteiger partial charge in [0.25, 0.3) is 0 Å². The van der Waals surface area contributed by atoms with E-state index in [9.17, 15) is 0 Å². The van der Waals surface area contributed by atoms with Gasteiger partial charge in [0.05, 0.1) is 6.07 Å². The SMILES string of the molecule is N#Cc1c([S-])nsc1[S-].O.[Na+]. The summed E-state index contributed by atoms with van der Waals surface area (Å²) in [6.45, 7) is 0. The van der Waals surface area contributed by atoms with Crippen LogP contribution in [-0.2, 0) is 25.3 Å². The first-order valence-electron chi connectivity index (χ1n) is 1.99. The molecular weight excluding hydrogens is 211 g/mol. The van der Waals surface area contributed by atoms with E-state index in [1.54, 1.807) is 0 Å². The number of nitriles is 1. The third kappa shape index (κ3) is 3.17. The van der Waals surface area contributed by atoms with E-state index < -0.39 is 0 Å². The van der Waals surface area contributed by atoms with E-state index in [1.165, 1.54) is 0 Å². The van der Waals surface area contributed by atoms with Crippen molar-refractivity contribution in [1.29, 1.82) is 5.26 Å². The predicted octanol–water partition coefficient (Wildman–Crippen LogP) is -2.99. The van der Waals surface area contributed by atoms with E-state index in [-0.39, 0.29) is 35.0 Å². The van der Waals surface area contributed by atoms with Crippen molar-refractivity contribution in [2.24, 2.45) is 0 Å². The van der Waals surface area contributed by atoms with Gasteiger partial charge in [-0.3, -0.25) is 11.5 Å². The fraction of sp³-hybridized carbons (Fsp3) is 0. The average Bonchev–Trinajstić information content (AvgIpc) is 2.12. The predicted molar refractivity (Wildman–Crippen MR) is 41.7 cm³/mol. The third-order valence-electron chi connectivity index (χ3n) is 0.741. The van der Waals surface area contributed by atoms with Crippen LogP contribution in [-0.4, -0.2) is 9.85 Å². The minimum Gasteiger partial charge on any atom is -0.760 e. The molecule has 0 radical (unpaired) electrons. The Labute approximate surface area is 101 Å². The first-order chi connectivity index (χ1) is 4.25. The summed E-state index contributed by atoms with van der Waals surface area (Å²) in [5.74, 6) is 0. The Kier molecular flexibility index (Phi) is 7.78. The molecule has 54 valence electrons. The van der Waals surface area contributed by atoms with Gasteiger partial charge < -0.3 is 35.1 Å². The third-order valence-corrected chi connectivity index (χ3v) is 2.22. The second-order valence-corrected chi connectivity index (χ2v) is 3.09. The van der Waals surface area contributed by atoms with Crippen LogP contribution in [0.5, 0.6) is 0 Å². The largest absolute Gasteiger partial charge is 1.00 e. The molecule has 3 nitrogen and oxygen atoms in total. The van der Waals surface area contributed by atoms with Crippen molar-refractivity contribution in [2.45, 2.75) is 9.24 Å². The molecule has 11 heavy (non-hydrogen) atoms. The van der Waals surface area contributed by atoms with Gasteiger partial charge in [-0.15, -0.1) is 0 Å². The number of hydrogen-bond donors (Lipinski definition) is 0. The molecule has 0 aliphatic rings. The molecule has 0 bridgehead atoms. The van der Waals surface area contributed by atoms with Crippen LogP contribution in [0.2, 0.25) is 0 Å². The molecule has 0 amide bonds. The minimum absolute atomic E-state index is 0. The Bertz CT molecular complexity index is 249. The van der Waals surface area contributed by atoms with Gasteiger partial charge in [0.15, 0.2) is 0 Å². The smallest absolute Gasteiger partial charge is 0.760 e. The Hall–Kier alpha value is 0.520. The van der Waals surface area contributed by atoms with Crippen LogP contribution in [0.1, 0.15) is 5.56 Å². The van der Waals surface area contributed by atoms with Crippen molar-refractivity contribution in [1.82, 2.24) is 4.37 Å². The zero-order valence-electron chi connectivity index (χ0n) is 5.62. The van der Waals surface area contributed by atoms with Crippen LogP contribution in [0.3, 0.4) is 0 Å². The van der Waals surface area contributed by atoms with Gasteiger partial charge in [-0.05, 0) is 0 Å². The first-order valence-corrected chi connectivity index (χ1v) is 3.58. The molecule has 0 aliphatic heterocycles. The van der Waals surface area contributed by atoms with Gasteiger partial charge in [0.1, 0.15) is 0 Å². The second-order valence-electron chi connectivity index (χ2n) is 1.26. The molecule has 1 aromatic rings. The number of aromatic nitrogens is 1. The van der Waals surface area contributed by atoms with Crippen LogP contribution >= 0.6 is 11.5 Å². The zero-order chi connectivity index (χ0) is 6.85. The topological polar surface area (TPSA) is 68.2 Å². The van der Waals surface area contributed by atoms with E-state index in [4.69, 9.17) is 17.9 Å². The summed E-state index contributed by atoms with van der Waals surface area (Å²) >= 11 is 10.5. The van der Waals surface area contributed by atoms with Crippen LogP contribution in [0, 0.1) is 11.3 Å². The molecule has 1 heterocycles. The van der Waals surface area contributed by atoms with E-state index in [1.807, 2.05) is 6.07 Å². The number of nitrogens with zero attached hydrogens (tertiary/aromatic N) is 2. The van der Waals surface area contributed by atoms with Crippen LogP contribution < -0.4 is 29.6 Å². The molecule has 7 heteroatoms. The normalized spacial score (nSPS) is 7.18. The van der Waals surface area contributed by atoms with Crippen LogP contribution in [0.15, 0.2) is 9.24 Å². The van der Waals surface area contributed by atoms with Crippen molar-refractivity contribution in [3.8, 4) is 6.07 Å². The molecule has 1 aromatic heterocycles. The molecule has 0 atom stereocenters. The monoisotopic (exact) mass is 213 g/mol. The van der Waals surface area contributed by atoms with Crippen LogP contribution in [0.4, 0.5) is 0 Å². The Morgan fingerprint density at radius 3 is 2.18 bits per heavy atom. The maximum atomic E-state index is 8.37.